The molecule has 1 aliphatic rings. The Morgan fingerprint density at radius 2 is 1.67 bits per heavy atom. The number of ether oxygens (including phenoxy) is 1. The number of anilines is 1. The fourth-order valence-electron chi connectivity index (χ4n) is 3.06. The number of likely N-dealkylation sites (N-methyl/N-ethyl adjacent to an activating group) is 1. The van der Waals surface area contributed by atoms with Crippen molar-refractivity contribution in [3.63, 3.8) is 0 Å². The number of nitrogens with two attached hydrogens (primary N) is 1. The van der Waals surface area contributed by atoms with Gasteiger partial charge in [-0.25, -0.2) is 22.0 Å². The zero-order valence-electron chi connectivity index (χ0n) is 16.3. The Morgan fingerprint density at radius 1 is 1.07 bits per heavy atom. The minimum absolute atomic E-state index is 0.0674. The van der Waals surface area contributed by atoms with Gasteiger partial charge in [-0.1, -0.05) is 0 Å². The highest BCUT2D eigenvalue weighted by atomic mass is 32.2. The number of primary sulfonamides is 1. The van der Waals surface area contributed by atoms with Crippen molar-refractivity contribution in [1.82, 2.24) is 4.31 Å². The lowest BCUT2D eigenvalue weighted by Gasteiger charge is -2.20. The maximum absolute atomic E-state index is 12.7. The van der Waals surface area contributed by atoms with Gasteiger partial charge in [0.05, 0.1) is 15.9 Å². The molecule has 1 atom stereocenters. The Hall–Kier alpha value is -2.31. The number of hydrogen-bond acceptors (Lipinski definition) is 6. The number of nitrogens with zero attached hydrogens (tertiary/aromatic N) is 1. The van der Waals surface area contributed by atoms with Gasteiger partial charge in [0.15, 0.2) is 0 Å². The molecule has 9 nitrogen and oxygen atoms in total. The Balaban J connectivity index is 1.67. The maximum Gasteiger partial charge on any atom is 0.255 e. The van der Waals surface area contributed by atoms with Gasteiger partial charge in [-0.05, 0) is 61.4 Å². The summed E-state index contributed by atoms with van der Waals surface area (Å²) < 4.78 is 54.7. The number of benzene rings is 2. The first-order valence-corrected chi connectivity index (χ1v) is 12.2. The monoisotopic (exact) mass is 453 g/mol. The van der Waals surface area contributed by atoms with Crippen molar-refractivity contribution in [2.75, 3.05) is 25.5 Å². The average molecular weight is 454 g/mol. The van der Waals surface area contributed by atoms with Crippen LogP contribution in [0, 0.1) is 0 Å². The van der Waals surface area contributed by atoms with Crippen molar-refractivity contribution >= 4 is 31.6 Å². The third kappa shape index (κ3) is 5.24. The Kier molecular flexibility index (Phi) is 6.58. The molecule has 2 aromatic carbocycles. The third-order valence-corrected chi connectivity index (χ3v) is 7.52. The van der Waals surface area contributed by atoms with Crippen LogP contribution < -0.4 is 10.5 Å². The summed E-state index contributed by atoms with van der Waals surface area (Å²) in [6.07, 6.45) is 1.65. The predicted octanol–water partition coefficient (Wildman–Crippen LogP) is 1.39. The highest BCUT2D eigenvalue weighted by Crippen LogP contribution is 2.20. The van der Waals surface area contributed by atoms with Crippen LogP contribution in [-0.2, 0) is 24.8 Å². The number of carbonyl (C=O) groups is 1. The first kappa shape index (κ1) is 22.4. The molecule has 2 aromatic rings. The molecule has 3 N–H and O–H groups in total. The second-order valence-electron chi connectivity index (χ2n) is 6.97. The van der Waals surface area contributed by atoms with E-state index in [2.05, 4.69) is 5.32 Å². The molecule has 3 rings (SSSR count). The second kappa shape index (κ2) is 8.82. The van der Waals surface area contributed by atoms with E-state index in [1.54, 1.807) is 0 Å². The SMILES string of the molecule is CN(C[C@H]1CCCO1)S(=O)(=O)c1ccc(C(=O)Nc2ccc(S(N)(=O)=O)cc2)cc1. The maximum atomic E-state index is 12.7. The van der Waals surface area contributed by atoms with E-state index >= 15 is 0 Å². The third-order valence-electron chi connectivity index (χ3n) is 4.75. The smallest absolute Gasteiger partial charge is 0.255 e. The predicted molar refractivity (Wildman–Crippen MR) is 111 cm³/mol. The van der Waals surface area contributed by atoms with Crippen LogP contribution in [0.3, 0.4) is 0 Å². The molecule has 1 amide bonds. The van der Waals surface area contributed by atoms with Crippen LogP contribution in [0.4, 0.5) is 5.69 Å². The Morgan fingerprint density at radius 3 is 2.20 bits per heavy atom. The quantitative estimate of drug-likeness (QED) is 0.650. The largest absolute Gasteiger partial charge is 0.377 e. The molecular formula is C19H23N3O6S2. The van der Waals surface area contributed by atoms with E-state index in [0.29, 0.717) is 12.3 Å². The highest BCUT2D eigenvalue weighted by molar-refractivity contribution is 7.89. The van der Waals surface area contributed by atoms with Gasteiger partial charge >= 0.3 is 0 Å². The zero-order valence-corrected chi connectivity index (χ0v) is 17.9. The van der Waals surface area contributed by atoms with Gasteiger partial charge in [-0.15, -0.1) is 0 Å². The first-order valence-electron chi connectivity index (χ1n) is 9.19. The number of nitrogens with one attached hydrogen (secondary N) is 1. The Labute approximate surface area is 175 Å². The number of carbonyl (C=O) groups excluding carboxylic acids is 1. The van der Waals surface area contributed by atoms with E-state index in [-0.39, 0.29) is 28.0 Å². The molecule has 0 saturated carbocycles. The highest BCUT2D eigenvalue weighted by Gasteiger charge is 2.26. The normalized spacial score (nSPS) is 17.2. The number of sulfonamides is 2. The molecule has 1 saturated heterocycles. The van der Waals surface area contributed by atoms with E-state index in [0.717, 1.165) is 12.8 Å². The average Bonchev–Trinajstić information content (AvgIpc) is 3.21. The fourth-order valence-corrected chi connectivity index (χ4v) is 4.78. The van der Waals surface area contributed by atoms with Gasteiger partial charge in [-0.3, -0.25) is 4.79 Å². The molecule has 0 radical (unpaired) electrons. The minimum Gasteiger partial charge on any atom is -0.377 e. The standard InChI is InChI=1S/C19H23N3O6S2/c1-22(13-16-3-2-12-28-16)30(26,27)18-8-4-14(5-9-18)19(23)21-15-6-10-17(11-7-15)29(20,24)25/h4-11,16H,2-3,12-13H2,1H3,(H,21,23)(H2,20,24,25)/t16-/m1/s1. The summed E-state index contributed by atoms with van der Waals surface area (Å²) in [5.41, 5.74) is 0.631. The summed E-state index contributed by atoms with van der Waals surface area (Å²) >= 11 is 0. The van der Waals surface area contributed by atoms with Crippen LogP contribution in [-0.4, -0.2) is 53.4 Å². The molecule has 11 heteroatoms. The van der Waals surface area contributed by atoms with E-state index in [9.17, 15) is 21.6 Å². The van der Waals surface area contributed by atoms with Crippen LogP contribution in [0.5, 0.6) is 0 Å². The first-order chi connectivity index (χ1) is 14.1. The molecule has 162 valence electrons. The van der Waals surface area contributed by atoms with Crippen LogP contribution in [0.25, 0.3) is 0 Å². The lowest BCUT2D eigenvalue weighted by molar-refractivity contribution is 0.0979. The summed E-state index contributed by atoms with van der Waals surface area (Å²) in [5.74, 6) is -0.463. The van der Waals surface area contributed by atoms with Gasteiger partial charge < -0.3 is 10.1 Å². The van der Waals surface area contributed by atoms with E-state index in [1.165, 1.54) is 59.9 Å². The summed E-state index contributed by atoms with van der Waals surface area (Å²) in [5, 5.41) is 7.66. The topological polar surface area (TPSA) is 136 Å². The number of amides is 1. The van der Waals surface area contributed by atoms with Crippen LogP contribution in [0.1, 0.15) is 23.2 Å². The Bertz CT molecular complexity index is 1110. The lowest BCUT2D eigenvalue weighted by atomic mass is 10.2. The van der Waals surface area contributed by atoms with Gasteiger partial charge in [0.2, 0.25) is 20.0 Å². The van der Waals surface area contributed by atoms with Crippen molar-refractivity contribution in [3.05, 3.63) is 54.1 Å². The van der Waals surface area contributed by atoms with Gasteiger partial charge in [0, 0.05) is 31.5 Å². The lowest BCUT2D eigenvalue weighted by Crippen LogP contribution is -2.34. The molecule has 0 aromatic heterocycles. The molecule has 30 heavy (non-hydrogen) atoms. The number of hydrogen-bond donors (Lipinski definition) is 2. The molecule has 0 aliphatic carbocycles. The van der Waals surface area contributed by atoms with Crippen molar-refractivity contribution < 1.29 is 26.4 Å². The van der Waals surface area contributed by atoms with Crippen LogP contribution in [0.2, 0.25) is 0 Å². The van der Waals surface area contributed by atoms with Crippen LogP contribution in [0.15, 0.2) is 58.3 Å². The summed E-state index contributed by atoms with van der Waals surface area (Å²) in [7, 11) is -6.01. The molecule has 0 bridgehead atoms. The van der Waals surface area contributed by atoms with E-state index in [1.807, 2.05) is 0 Å². The molecule has 0 spiro atoms. The van der Waals surface area contributed by atoms with Gasteiger partial charge in [0.1, 0.15) is 0 Å². The van der Waals surface area contributed by atoms with Crippen molar-refractivity contribution in [1.29, 1.82) is 0 Å². The van der Waals surface area contributed by atoms with Gasteiger partial charge in [-0.2, -0.15) is 4.31 Å². The molecular weight excluding hydrogens is 430 g/mol. The minimum atomic E-state index is -3.82. The van der Waals surface area contributed by atoms with Gasteiger partial charge in [0.25, 0.3) is 5.91 Å². The van der Waals surface area contributed by atoms with Crippen molar-refractivity contribution in [3.8, 4) is 0 Å². The second-order valence-corrected chi connectivity index (χ2v) is 10.6. The van der Waals surface area contributed by atoms with Crippen molar-refractivity contribution in [2.24, 2.45) is 5.14 Å². The molecule has 1 aliphatic heterocycles. The molecule has 1 heterocycles. The van der Waals surface area contributed by atoms with Crippen molar-refractivity contribution in [2.45, 2.75) is 28.7 Å². The molecule has 1 fully saturated rings. The molecule has 0 unspecified atom stereocenters. The van der Waals surface area contributed by atoms with Crippen LogP contribution >= 0.6 is 0 Å². The van der Waals surface area contributed by atoms with E-state index in [4.69, 9.17) is 9.88 Å². The summed E-state index contributed by atoms with van der Waals surface area (Å²) in [6, 6.07) is 11.0. The van der Waals surface area contributed by atoms with E-state index < -0.39 is 26.0 Å². The summed E-state index contributed by atoms with van der Waals surface area (Å²) in [6.45, 7) is 0.923. The summed E-state index contributed by atoms with van der Waals surface area (Å²) in [4.78, 5) is 12.4. The zero-order chi connectivity index (χ0) is 21.9. The fraction of sp³-hybridized carbons (Fsp3) is 0.316. The number of rotatable bonds is 7.